The summed E-state index contributed by atoms with van der Waals surface area (Å²) >= 11 is 17.1. The van der Waals surface area contributed by atoms with Crippen molar-refractivity contribution in [3.05, 3.63) is 95.1 Å². The zero-order valence-corrected chi connectivity index (χ0v) is 25.5. The molecule has 5 atom stereocenters. The number of carbonyl (C=O) groups is 1. The summed E-state index contributed by atoms with van der Waals surface area (Å²) in [5.41, 5.74) is 5.55. The monoisotopic (exact) mass is 632 g/mol. The number of rotatable bonds is 8. The number of hydrogen-bond donors (Lipinski definition) is 3. The molecular weight excluding hydrogens is 599 g/mol. The molecule has 0 spiro atoms. The van der Waals surface area contributed by atoms with Gasteiger partial charge in [0, 0.05) is 37.7 Å². The van der Waals surface area contributed by atoms with E-state index in [1.165, 1.54) is 0 Å². The molecule has 10 heteroatoms. The lowest BCUT2D eigenvalue weighted by Crippen LogP contribution is -2.44. The molecule has 2 aliphatic rings. The van der Waals surface area contributed by atoms with Crippen LogP contribution < -0.4 is 5.32 Å². The van der Waals surface area contributed by atoms with Crippen molar-refractivity contribution >= 4 is 40.7 Å². The number of nitrogens with zero attached hydrogens (tertiary/aromatic N) is 1. The summed E-state index contributed by atoms with van der Waals surface area (Å²) in [6.45, 7) is 4.52. The van der Waals surface area contributed by atoms with Crippen LogP contribution >= 0.6 is 34.8 Å². The molecule has 1 amide bonds. The van der Waals surface area contributed by atoms with E-state index in [2.05, 4.69) is 17.1 Å². The number of halogens is 3. The highest BCUT2D eigenvalue weighted by Crippen LogP contribution is 2.42. The van der Waals surface area contributed by atoms with Gasteiger partial charge in [-0.1, -0.05) is 115 Å². The molecule has 0 aliphatic carbocycles. The molecule has 2 fully saturated rings. The Bertz CT molecular complexity index is 1350. The molecule has 0 saturated carbocycles. The van der Waals surface area contributed by atoms with Gasteiger partial charge in [0.15, 0.2) is 6.29 Å². The summed E-state index contributed by atoms with van der Waals surface area (Å²) in [4.78, 5) is 14.3. The predicted molar refractivity (Wildman–Crippen MR) is 164 cm³/mol. The fourth-order valence-corrected chi connectivity index (χ4v) is 5.81. The molecule has 3 aromatic carbocycles. The number of benzene rings is 3. The van der Waals surface area contributed by atoms with E-state index < -0.39 is 16.0 Å². The number of ether oxygens (including phenoxy) is 2. The SMILES string of the molecule is CC1C(CN2CCC(O)C2)OC(c2ccc(-c3ccccc3CNC(=O)C(Cl)(Cl)Cl)cc2)OC1c1ccc(CO)cc1. The van der Waals surface area contributed by atoms with Crippen molar-refractivity contribution in [1.29, 1.82) is 0 Å². The van der Waals surface area contributed by atoms with Gasteiger partial charge in [-0.25, -0.2) is 0 Å². The van der Waals surface area contributed by atoms with E-state index in [4.69, 9.17) is 44.3 Å². The van der Waals surface area contributed by atoms with Crippen LogP contribution in [0.1, 0.15) is 48.0 Å². The fraction of sp³-hybridized carbons (Fsp3) is 0.406. The van der Waals surface area contributed by atoms with E-state index in [0.29, 0.717) is 13.1 Å². The van der Waals surface area contributed by atoms with E-state index in [1.54, 1.807) is 0 Å². The number of aliphatic hydroxyl groups is 2. The first-order chi connectivity index (χ1) is 20.1. The van der Waals surface area contributed by atoms with Crippen molar-refractivity contribution in [2.75, 3.05) is 19.6 Å². The van der Waals surface area contributed by atoms with Gasteiger partial charge in [-0.15, -0.1) is 0 Å². The standard InChI is InChI=1S/C32H35Cl3N2O5/c1-20-28(18-37-15-14-26(39)17-37)41-30(42-29(20)23-8-6-21(19-38)7-9-23)24-12-10-22(11-13-24)27-5-3-2-4-25(27)16-36-31(40)32(33,34)35/h2-13,20,26,28-30,38-39H,14-19H2,1H3,(H,36,40). The van der Waals surface area contributed by atoms with Gasteiger partial charge in [-0.2, -0.15) is 0 Å². The van der Waals surface area contributed by atoms with Crippen LogP contribution in [0.5, 0.6) is 0 Å². The number of hydrogen-bond acceptors (Lipinski definition) is 6. The highest BCUT2D eigenvalue weighted by Gasteiger charge is 2.40. The van der Waals surface area contributed by atoms with Gasteiger partial charge >= 0.3 is 0 Å². The van der Waals surface area contributed by atoms with Crippen molar-refractivity contribution in [3.63, 3.8) is 0 Å². The van der Waals surface area contributed by atoms with Crippen molar-refractivity contribution < 1.29 is 24.5 Å². The minimum Gasteiger partial charge on any atom is -0.392 e. The van der Waals surface area contributed by atoms with Crippen LogP contribution in [0.4, 0.5) is 0 Å². The van der Waals surface area contributed by atoms with Gasteiger partial charge in [0.2, 0.25) is 0 Å². The van der Waals surface area contributed by atoms with E-state index in [9.17, 15) is 15.0 Å². The van der Waals surface area contributed by atoms with Crippen LogP contribution in [0.3, 0.4) is 0 Å². The molecule has 2 saturated heterocycles. The molecular formula is C32H35Cl3N2O5. The average molecular weight is 634 g/mol. The van der Waals surface area contributed by atoms with Gasteiger partial charge in [-0.05, 0) is 34.2 Å². The molecule has 224 valence electrons. The van der Waals surface area contributed by atoms with Gasteiger partial charge in [0.05, 0.1) is 24.9 Å². The van der Waals surface area contributed by atoms with E-state index in [0.717, 1.165) is 46.3 Å². The van der Waals surface area contributed by atoms with E-state index in [-0.39, 0.29) is 37.4 Å². The van der Waals surface area contributed by atoms with Gasteiger partial charge in [-0.3, -0.25) is 9.69 Å². The molecule has 0 radical (unpaired) electrons. The van der Waals surface area contributed by atoms with Crippen molar-refractivity contribution in [2.24, 2.45) is 5.92 Å². The first kappa shape index (κ1) is 31.2. The molecule has 2 heterocycles. The molecule has 5 rings (SSSR count). The third-order valence-electron chi connectivity index (χ3n) is 8.02. The lowest BCUT2D eigenvalue weighted by molar-refractivity contribution is -0.276. The number of alkyl halides is 3. The summed E-state index contributed by atoms with van der Waals surface area (Å²) < 4.78 is 11.1. The Morgan fingerprint density at radius 2 is 1.69 bits per heavy atom. The minimum absolute atomic E-state index is 0.0121. The second-order valence-electron chi connectivity index (χ2n) is 11.0. The maximum atomic E-state index is 12.1. The number of likely N-dealkylation sites (tertiary alicyclic amines) is 1. The van der Waals surface area contributed by atoms with Crippen LogP contribution in [0.2, 0.25) is 0 Å². The Hall–Kier alpha value is -2.20. The Labute approximate surface area is 261 Å². The maximum absolute atomic E-state index is 12.1. The summed E-state index contributed by atoms with van der Waals surface area (Å²) in [5.74, 6) is -0.620. The third kappa shape index (κ3) is 7.47. The first-order valence-corrected chi connectivity index (χ1v) is 15.2. The van der Waals surface area contributed by atoms with Crippen molar-refractivity contribution in [3.8, 4) is 11.1 Å². The summed E-state index contributed by atoms with van der Waals surface area (Å²) in [6, 6.07) is 23.6. The quantitative estimate of drug-likeness (QED) is 0.276. The second kappa shape index (κ2) is 13.6. The predicted octanol–water partition coefficient (Wildman–Crippen LogP) is 5.69. The number of nitrogens with one attached hydrogen (secondary N) is 1. The molecule has 2 aliphatic heterocycles. The number of aliphatic hydroxyl groups excluding tert-OH is 2. The Balaban J connectivity index is 1.37. The molecule has 3 N–H and O–H groups in total. The first-order valence-electron chi connectivity index (χ1n) is 14.1. The lowest BCUT2D eigenvalue weighted by atomic mass is 9.90. The summed E-state index contributed by atoms with van der Waals surface area (Å²) in [6.07, 6.45) is -0.447. The lowest BCUT2D eigenvalue weighted by Gasteiger charge is -2.42. The molecule has 0 bridgehead atoms. The maximum Gasteiger partial charge on any atom is 0.272 e. The highest BCUT2D eigenvalue weighted by molar-refractivity contribution is 6.76. The van der Waals surface area contributed by atoms with Gasteiger partial charge < -0.3 is 25.0 Å². The molecule has 5 unspecified atom stereocenters. The zero-order valence-electron chi connectivity index (χ0n) is 23.3. The van der Waals surface area contributed by atoms with Crippen LogP contribution in [-0.2, 0) is 27.4 Å². The number of amides is 1. The van der Waals surface area contributed by atoms with E-state index in [1.807, 2.05) is 72.8 Å². The summed E-state index contributed by atoms with van der Waals surface area (Å²) in [7, 11) is 0. The Morgan fingerprint density at radius 3 is 2.33 bits per heavy atom. The van der Waals surface area contributed by atoms with Gasteiger partial charge in [0.25, 0.3) is 9.70 Å². The largest absolute Gasteiger partial charge is 0.392 e. The van der Waals surface area contributed by atoms with Crippen molar-refractivity contribution in [2.45, 2.75) is 54.9 Å². The molecule has 7 nitrogen and oxygen atoms in total. The van der Waals surface area contributed by atoms with E-state index >= 15 is 0 Å². The summed E-state index contributed by atoms with van der Waals surface area (Å²) in [5, 5.41) is 22.2. The normalized spacial score (nSPS) is 25.0. The zero-order chi connectivity index (χ0) is 29.9. The molecule has 42 heavy (non-hydrogen) atoms. The minimum atomic E-state index is -2.03. The number of carbonyl (C=O) groups excluding carboxylic acids is 1. The smallest absolute Gasteiger partial charge is 0.272 e. The van der Waals surface area contributed by atoms with Crippen LogP contribution in [0.15, 0.2) is 72.8 Å². The average Bonchev–Trinajstić information content (AvgIpc) is 3.41. The molecule has 3 aromatic rings. The van der Waals surface area contributed by atoms with Crippen LogP contribution in [0.25, 0.3) is 11.1 Å². The topological polar surface area (TPSA) is 91.3 Å². The highest BCUT2D eigenvalue weighted by atomic mass is 35.6. The van der Waals surface area contributed by atoms with Crippen molar-refractivity contribution in [1.82, 2.24) is 10.2 Å². The third-order valence-corrected chi connectivity index (χ3v) is 8.53. The number of β-amino-alcohol motifs (C(OH)–C–C–N with tert-alkyl or cyclic N) is 1. The fourth-order valence-electron chi connectivity index (χ4n) is 5.61. The van der Waals surface area contributed by atoms with Crippen LogP contribution in [-0.4, -0.2) is 56.7 Å². The second-order valence-corrected chi connectivity index (χ2v) is 13.3. The Morgan fingerprint density at radius 1 is 1.00 bits per heavy atom. The Kier molecular flexibility index (Phi) is 10.1. The van der Waals surface area contributed by atoms with Gasteiger partial charge in [0.1, 0.15) is 0 Å². The molecule has 0 aromatic heterocycles. The van der Waals surface area contributed by atoms with Crippen LogP contribution in [0, 0.1) is 5.92 Å².